The lowest BCUT2D eigenvalue weighted by Gasteiger charge is -2.39. The maximum atomic E-state index is 14.0. The first-order chi connectivity index (χ1) is 9.04. The van der Waals surface area contributed by atoms with Gasteiger partial charge in [-0.25, -0.2) is 8.78 Å². The molecule has 4 heteroatoms. The summed E-state index contributed by atoms with van der Waals surface area (Å²) in [6.45, 7) is 6.67. The van der Waals surface area contributed by atoms with Gasteiger partial charge in [-0.05, 0) is 25.5 Å². The Morgan fingerprint density at radius 2 is 1.84 bits per heavy atom. The van der Waals surface area contributed by atoms with Crippen molar-refractivity contribution in [1.82, 2.24) is 5.32 Å². The van der Waals surface area contributed by atoms with Crippen molar-refractivity contribution in [3.63, 3.8) is 0 Å². The Kier molecular flexibility index (Phi) is 5.88. The molecule has 1 aromatic carbocycles. The van der Waals surface area contributed by atoms with Crippen molar-refractivity contribution in [1.29, 1.82) is 0 Å². The van der Waals surface area contributed by atoms with Gasteiger partial charge in [0.2, 0.25) is 0 Å². The number of methoxy groups -OCH3 is 1. The quantitative estimate of drug-likeness (QED) is 0.814. The largest absolute Gasteiger partial charge is 0.376 e. The third kappa shape index (κ3) is 3.31. The number of likely N-dealkylation sites (N-methyl/N-ethyl adjacent to an activating group) is 1. The molecule has 2 nitrogen and oxygen atoms in total. The van der Waals surface area contributed by atoms with E-state index in [0.717, 1.165) is 18.9 Å². The standard InChI is InChI=1S/C15H23F2NO/c1-5-15(6-2,19-4)14(18-7-3)12-9-8-11(16)10-13(12)17/h8-10,14,18H,5-7H2,1-4H3. The van der Waals surface area contributed by atoms with Crippen LogP contribution in [0.3, 0.4) is 0 Å². The first kappa shape index (κ1) is 16.1. The molecule has 0 radical (unpaired) electrons. The van der Waals surface area contributed by atoms with E-state index in [0.29, 0.717) is 12.1 Å². The summed E-state index contributed by atoms with van der Waals surface area (Å²) in [5.41, 5.74) is -0.0388. The summed E-state index contributed by atoms with van der Waals surface area (Å²) in [7, 11) is 1.64. The second-order valence-corrected chi connectivity index (χ2v) is 4.63. The minimum atomic E-state index is -0.562. The Balaban J connectivity index is 3.25. The molecular formula is C15H23F2NO. The van der Waals surface area contributed by atoms with Gasteiger partial charge < -0.3 is 10.1 Å². The van der Waals surface area contributed by atoms with Crippen molar-refractivity contribution < 1.29 is 13.5 Å². The van der Waals surface area contributed by atoms with Gasteiger partial charge in [0.15, 0.2) is 0 Å². The lowest BCUT2D eigenvalue weighted by atomic mass is 9.83. The molecule has 1 rings (SSSR count). The van der Waals surface area contributed by atoms with E-state index in [1.807, 2.05) is 20.8 Å². The molecule has 19 heavy (non-hydrogen) atoms. The van der Waals surface area contributed by atoms with E-state index in [1.165, 1.54) is 12.1 Å². The molecule has 0 saturated carbocycles. The zero-order valence-corrected chi connectivity index (χ0v) is 12.1. The highest BCUT2D eigenvalue weighted by atomic mass is 19.1. The van der Waals surface area contributed by atoms with Gasteiger partial charge >= 0.3 is 0 Å². The van der Waals surface area contributed by atoms with Gasteiger partial charge in [0, 0.05) is 18.7 Å². The van der Waals surface area contributed by atoms with E-state index < -0.39 is 17.2 Å². The Morgan fingerprint density at radius 1 is 1.21 bits per heavy atom. The highest BCUT2D eigenvalue weighted by Gasteiger charge is 2.37. The van der Waals surface area contributed by atoms with Gasteiger partial charge in [-0.3, -0.25) is 0 Å². The highest BCUT2D eigenvalue weighted by molar-refractivity contribution is 5.25. The van der Waals surface area contributed by atoms with Crippen LogP contribution in [0.4, 0.5) is 8.78 Å². The van der Waals surface area contributed by atoms with Gasteiger partial charge in [0.1, 0.15) is 11.6 Å². The van der Waals surface area contributed by atoms with E-state index in [9.17, 15) is 8.78 Å². The van der Waals surface area contributed by atoms with Crippen LogP contribution in [0, 0.1) is 11.6 Å². The van der Waals surface area contributed by atoms with Crippen LogP contribution in [-0.2, 0) is 4.74 Å². The number of rotatable bonds is 7. The average Bonchev–Trinajstić information content (AvgIpc) is 2.40. The molecule has 0 aromatic heterocycles. The third-order valence-electron chi connectivity index (χ3n) is 3.81. The van der Waals surface area contributed by atoms with Gasteiger partial charge in [-0.15, -0.1) is 0 Å². The topological polar surface area (TPSA) is 21.3 Å². The summed E-state index contributed by atoms with van der Waals surface area (Å²) in [6.07, 6.45) is 1.49. The second kappa shape index (κ2) is 6.96. The molecule has 0 aliphatic heterocycles. The van der Waals surface area contributed by atoms with E-state index >= 15 is 0 Å². The number of ether oxygens (including phenoxy) is 1. The fraction of sp³-hybridized carbons (Fsp3) is 0.600. The van der Waals surface area contributed by atoms with Crippen molar-refractivity contribution in [3.8, 4) is 0 Å². The first-order valence-corrected chi connectivity index (χ1v) is 6.78. The average molecular weight is 271 g/mol. The molecule has 0 heterocycles. The molecule has 0 spiro atoms. The molecule has 1 N–H and O–H groups in total. The van der Waals surface area contributed by atoms with Crippen molar-refractivity contribution in [2.75, 3.05) is 13.7 Å². The molecule has 108 valence electrons. The van der Waals surface area contributed by atoms with E-state index in [1.54, 1.807) is 7.11 Å². The van der Waals surface area contributed by atoms with Crippen molar-refractivity contribution in [3.05, 3.63) is 35.4 Å². The molecule has 0 aliphatic carbocycles. The molecule has 0 fully saturated rings. The zero-order valence-electron chi connectivity index (χ0n) is 12.1. The maximum Gasteiger partial charge on any atom is 0.131 e. The van der Waals surface area contributed by atoms with E-state index in [-0.39, 0.29) is 6.04 Å². The first-order valence-electron chi connectivity index (χ1n) is 6.78. The highest BCUT2D eigenvalue weighted by Crippen LogP contribution is 2.36. The normalized spacial score (nSPS) is 13.6. The fourth-order valence-corrected chi connectivity index (χ4v) is 2.58. The van der Waals surface area contributed by atoms with E-state index in [2.05, 4.69) is 5.32 Å². The smallest absolute Gasteiger partial charge is 0.131 e. The molecule has 1 atom stereocenters. The van der Waals surface area contributed by atoms with Crippen LogP contribution in [0.5, 0.6) is 0 Å². The maximum absolute atomic E-state index is 14.0. The third-order valence-corrected chi connectivity index (χ3v) is 3.81. The molecule has 0 aliphatic rings. The summed E-state index contributed by atoms with van der Waals surface area (Å²) in [5, 5.41) is 3.27. The predicted octanol–water partition coefficient (Wildman–Crippen LogP) is 3.82. The summed E-state index contributed by atoms with van der Waals surface area (Å²) in [5.74, 6) is -1.10. The van der Waals surface area contributed by atoms with Crippen molar-refractivity contribution in [2.45, 2.75) is 45.3 Å². The lowest BCUT2D eigenvalue weighted by molar-refractivity contribution is -0.0490. The number of hydrogen-bond donors (Lipinski definition) is 1. The summed E-state index contributed by atoms with van der Waals surface area (Å²) >= 11 is 0. The number of halogens is 2. The Hall–Kier alpha value is -1.00. The summed E-state index contributed by atoms with van der Waals surface area (Å²) in [4.78, 5) is 0. The monoisotopic (exact) mass is 271 g/mol. The minimum Gasteiger partial charge on any atom is -0.376 e. The minimum absolute atomic E-state index is 0.293. The molecule has 0 bridgehead atoms. The van der Waals surface area contributed by atoms with Crippen LogP contribution in [0.25, 0.3) is 0 Å². The summed E-state index contributed by atoms with van der Waals surface area (Å²) < 4.78 is 32.7. The molecular weight excluding hydrogens is 248 g/mol. The summed E-state index contributed by atoms with van der Waals surface area (Å²) in [6, 6.07) is 3.41. The van der Waals surface area contributed by atoms with Crippen LogP contribution in [0.2, 0.25) is 0 Å². The van der Waals surface area contributed by atoms with Crippen LogP contribution in [0.1, 0.15) is 45.2 Å². The number of nitrogens with one attached hydrogen (secondary N) is 1. The fourth-order valence-electron chi connectivity index (χ4n) is 2.58. The Labute approximate surface area is 114 Å². The van der Waals surface area contributed by atoms with Crippen molar-refractivity contribution >= 4 is 0 Å². The lowest BCUT2D eigenvalue weighted by Crippen LogP contribution is -2.45. The predicted molar refractivity (Wildman–Crippen MR) is 73.1 cm³/mol. The SMILES string of the molecule is CCNC(c1ccc(F)cc1F)C(CC)(CC)OC. The second-order valence-electron chi connectivity index (χ2n) is 4.63. The Bertz CT molecular complexity index is 397. The molecule has 1 aromatic rings. The number of benzene rings is 1. The molecule has 1 unspecified atom stereocenters. The van der Waals surface area contributed by atoms with E-state index in [4.69, 9.17) is 4.74 Å². The molecule has 0 amide bonds. The zero-order chi connectivity index (χ0) is 14.5. The Morgan fingerprint density at radius 3 is 2.26 bits per heavy atom. The van der Waals surface area contributed by atoms with Gasteiger partial charge in [0.25, 0.3) is 0 Å². The molecule has 0 saturated heterocycles. The van der Waals surface area contributed by atoms with Gasteiger partial charge in [0.05, 0.1) is 11.6 Å². The van der Waals surface area contributed by atoms with Crippen LogP contribution < -0.4 is 5.32 Å². The van der Waals surface area contributed by atoms with Crippen LogP contribution >= 0.6 is 0 Å². The number of hydrogen-bond acceptors (Lipinski definition) is 2. The van der Waals surface area contributed by atoms with Crippen LogP contribution in [-0.4, -0.2) is 19.3 Å². The van der Waals surface area contributed by atoms with Crippen molar-refractivity contribution in [2.24, 2.45) is 0 Å². The van der Waals surface area contributed by atoms with Gasteiger partial charge in [-0.2, -0.15) is 0 Å². The van der Waals surface area contributed by atoms with Crippen LogP contribution in [0.15, 0.2) is 18.2 Å². The van der Waals surface area contributed by atoms with Gasteiger partial charge in [-0.1, -0.05) is 26.8 Å².